The molecular formula is C21H33IN6O2S. The standard InChI is InChI=1S/C21H32N6O2S.HI/c1-16(2)26(5)30(28,29)20-8-6-17(7-9-20)12-23-21(22-3)27-11-10-18(15-27)19-13-24-25(4)14-19;/h6-9,13-14,16,18H,10-12,15H2,1-5H3,(H,22,23);1H. The summed E-state index contributed by atoms with van der Waals surface area (Å²) < 4.78 is 28.4. The molecule has 1 aliphatic rings. The number of rotatable bonds is 6. The molecule has 1 aromatic carbocycles. The number of nitrogens with one attached hydrogen (secondary N) is 1. The lowest BCUT2D eigenvalue weighted by Crippen LogP contribution is -2.39. The van der Waals surface area contributed by atoms with Crippen LogP contribution in [-0.4, -0.2) is 66.6 Å². The van der Waals surface area contributed by atoms with E-state index in [0.717, 1.165) is 31.0 Å². The van der Waals surface area contributed by atoms with E-state index in [1.165, 1.54) is 9.87 Å². The average Bonchev–Trinajstić information content (AvgIpc) is 3.37. The van der Waals surface area contributed by atoms with Gasteiger partial charge in [0, 0.05) is 58.9 Å². The number of halogens is 1. The number of likely N-dealkylation sites (tertiary alicyclic amines) is 1. The summed E-state index contributed by atoms with van der Waals surface area (Å²) in [5, 5.41) is 7.68. The highest BCUT2D eigenvalue weighted by Gasteiger charge is 2.27. The van der Waals surface area contributed by atoms with Gasteiger partial charge >= 0.3 is 0 Å². The second-order valence-electron chi connectivity index (χ2n) is 8.04. The van der Waals surface area contributed by atoms with Crippen LogP contribution >= 0.6 is 24.0 Å². The summed E-state index contributed by atoms with van der Waals surface area (Å²) >= 11 is 0. The molecule has 2 heterocycles. The Morgan fingerprint density at radius 2 is 2.00 bits per heavy atom. The summed E-state index contributed by atoms with van der Waals surface area (Å²) in [7, 11) is 1.87. The van der Waals surface area contributed by atoms with Gasteiger partial charge in [-0.1, -0.05) is 12.1 Å². The molecule has 1 unspecified atom stereocenters. The highest BCUT2D eigenvalue weighted by molar-refractivity contribution is 14.0. The number of sulfonamides is 1. The van der Waals surface area contributed by atoms with Gasteiger partial charge in [0.2, 0.25) is 10.0 Å². The summed E-state index contributed by atoms with van der Waals surface area (Å²) in [6.45, 7) is 6.15. The van der Waals surface area contributed by atoms with E-state index in [1.807, 2.05) is 43.9 Å². The molecule has 1 saturated heterocycles. The van der Waals surface area contributed by atoms with Crippen molar-refractivity contribution in [1.29, 1.82) is 0 Å². The fourth-order valence-electron chi connectivity index (χ4n) is 3.61. The fraction of sp³-hybridized carbons (Fsp3) is 0.524. The molecule has 0 aliphatic carbocycles. The van der Waals surface area contributed by atoms with Crippen molar-refractivity contribution in [2.24, 2.45) is 12.0 Å². The largest absolute Gasteiger partial charge is 0.352 e. The van der Waals surface area contributed by atoms with Crippen LogP contribution in [0.15, 0.2) is 46.5 Å². The maximum Gasteiger partial charge on any atom is 0.243 e. The van der Waals surface area contributed by atoms with Crippen molar-refractivity contribution >= 4 is 40.0 Å². The summed E-state index contributed by atoms with van der Waals surface area (Å²) in [5.74, 6) is 1.32. The SMILES string of the molecule is CN=C(NCc1ccc(S(=O)(=O)N(C)C(C)C)cc1)N1CCC(c2cnn(C)c2)C1.I. The minimum atomic E-state index is -3.46. The lowest BCUT2D eigenvalue weighted by atomic mass is 10.0. The lowest BCUT2D eigenvalue weighted by molar-refractivity contribution is 0.410. The van der Waals surface area contributed by atoms with E-state index >= 15 is 0 Å². The van der Waals surface area contributed by atoms with Gasteiger partial charge in [-0.15, -0.1) is 24.0 Å². The number of aromatic nitrogens is 2. The fourth-order valence-corrected chi connectivity index (χ4v) is 4.98. The van der Waals surface area contributed by atoms with Crippen LogP contribution in [0, 0.1) is 0 Å². The van der Waals surface area contributed by atoms with Crippen molar-refractivity contribution in [3.05, 3.63) is 47.8 Å². The Balaban J connectivity index is 0.00000341. The number of nitrogens with zero attached hydrogens (tertiary/aromatic N) is 5. The minimum Gasteiger partial charge on any atom is -0.352 e. The first kappa shape index (κ1) is 25.6. The van der Waals surface area contributed by atoms with Gasteiger partial charge in [-0.25, -0.2) is 8.42 Å². The first-order chi connectivity index (χ1) is 14.2. The quantitative estimate of drug-likeness (QED) is 0.334. The van der Waals surface area contributed by atoms with Crippen molar-refractivity contribution < 1.29 is 8.42 Å². The van der Waals surface area contributed by atoms with Crippen LogP contribution in [0.4, 0.5) is 0 Å². The van der Waals surface area contributed by atoms with E-state index in [0.29, 0.717) is 17.4 Å². The normalized spacial score (nSPS) is 17.3. The number of hydrogen-bond donors (Lipinski definition) is 1. The Kier molecular flexibility index (Phi) is 8.90. The molecule has 0 bridgehead atoms. The molecular weight excluding hydrogens is 527 g/mol. The van der Waals surface area contributed by atoms with Crippen LogP contribution in [-0.2, 0) is 23.6 Å². The Morgan fingerprint density at radius 1 is 1.32 bits per heavy atom. The van der Waals surface area contributed by atoms with Crippen LogP contribution in [0.3, 0.4) is 0 Å². The van der Waals surface area contributed by atoms with E-state index in [-0.39, 0.29) is 30.0 Å². The topological polar surface area (TPSA) is 82.8 Å². The first-order valence-electron chi connectivity index (χ1n) is 10.2. The molecule has 0 radical (unpaired) electrons. The van der Waals surface area contributed by atoms with Gasteiger partial charge in [-0.05, 0) is 43.5 Å². The molecule has 31 heavy (non-hydrogen) atoms. The minimum absolute atomic E-state index is 0. The zero-order valence-electron chi connectivity index (χ0n) is 18.8. The summed E-state index contributed by atoms with van der Waals surface area (Å²) in [6, 6.07) is 6.95. The average molecular weight is 561 g/mol. The van der Waals surface area contributed by atoms with Gasteiger partial charge < -0.3 is 10.2 Å². The van der Waals surface area contributed by atoms with Crippen LogP contribution in [0.5, 0.6) is 0 Å². The van der Waals surface area contributed by atoms with Crippen LogP contribution < -0.4 is 5.32 Å². The maximum absolute atomic E-state index is 12.6. The van der Waals surface area contributed by atoms with E-state index < -0.39 is 10.0 Å². The van der Waals surface area contributed by atoms with Crippen LogP contribution in [0.25, 0.3) is 0 Å². The van der Waals surface area contributed by atoms with Crippen molar-refractivity contribution in [3.8, 4) is 0 Å². The smallest absolute Gasteiger partial charge is 0.243 e. The Bertz CT molecular complexity index is 988. The molecule has 1 aliphatic heterocycles. The summed E-state index contributed by atoms with van der Waals surface area (Å²) in [5.41, 5.74) is 2.27. The molecule has 1 fully saturated rings. The Morgan fingerprint density at radius 3 is 2.55 bits per heavy atom. The predicted octanol–water partition coefficient (Wildman–Crippen LogP) is 2.63. The number of aliphatic imine (C=N–C) groups is 1. The van der Waals surface area contributed by atoms with Gasteiger partial charge in [0.1, 0.15) is 0 Å². The molecule has 2 aromatic rings. The van der Waals surface area contributed by atoms with Crippen molar-refractivity contribution in [2.45, 2.75) is 43.7 Å². The van der Waals surface area contributed by atoms with Crippen molar-refractivity contribution in [1.82, 2.24) is 24.3 Å². The molecule has 0 spiro atoms. The molecule has 10 heteroatoms. The molecule has 0 saturated carbocycles. The van der Waals surface area contributed by atoms with Crippen LogP contribution in [0.1, 0.15) is 37.3 Å². The summed E-state index contributed by atoms with van der Waals surface area (Å²) in [6.07, 6.45) is 5.09. The number of aryl methyl sites for hydroxylation is 1. The van der Waals surface area contributed by atoms with E-state index in [4.69, 9.17) is 0 Å². The Hall–Kier alpha value is -1.66. The highest BCUT2D eigenvalue weighted by atomic mass is 127. The third kappa shape index (κ3) is 5.98. The molecule has 1 atom stereocenters. The summed E-state index contributed by atoms with van der Waals surface area (Å²) in [4.78, 5) is 6.99. The zero-order valence-corrected chi connectivity index (χ0v) is 22.0. The van der Waals surface area contributed by atoms with Gasteiger partial charge in [-0.2, -0.15) is 9.40 Å². The predicted molar refractivity (Wildman–Crippen MR) is 134 cm³/mol. The van der Waals surface area contributed by atoms with Gasteiger partial charge in [0.05, 0.1) is 11.1 Å². The number of benzene rings is 1. The number of hydrogen-bond acceptors (Lipinski definition) is 4. The Labute approximate surface area is 202 Å². The third-order valence-electron chi connectivity index (χ3n) is 5.67. The third-order valence-corrected chi connectivity index (χ3v) is 7.72. The van der Waals surface area contributed by atoms with Crippen molar-refractivity contribution in [2.75, 3.05) is 27.2 Å². The van der Waals surface area contributed by atoms with Gasteiger partial charge in [-0.3, -0.25) is 9.67 Å². The van der Waals surface area contributed by atoms with Crippen molar-refractivity contribution in [3.63, 3.8) is 0 Å². The molecule has 172 valence electrons. The highest BCUT2D eigenvalue weighted by Crippen LogP contribution is 2.26. The monoisotopic (exact) mass is 560 g/mol. The molecule has 0 amide bonds. The zero-order chi connectivity index (χ0) is 21.9. The number of guanidine groups is 1. The molecule has 1 aromatic heterocycles. The van der Waals surface area contributed by atoms with E-state index in [2.05, 4.69) is 26.5 Å². The molecule has 3 rings (SSSR count). The second kappa shape index (κ2) is 10.8. The van der Waals surface area contributed by atoms with E-state index in [9.17, 15) is 8.42 Å². The van der Waals surface area contributed by atoms with E-state index in [1.54, 1.807) is 26.2 Å². The molecule has 8 nitrogen and oxygen atoms in total. The van der Waals surface area contributed by atoms with Gasteiger partial charge in [0.25, 0.3) is 0 Å². The maximum atomic E-state index is 12.6. The van der Waals surface area contributed by atoms with Crippen LogP contribution in [0.2, 0.25) is 0 Å². The molecule has 1 N–H and O–H groups in total. The lowest BCUT2D eigenvalue weighted by Gasteiger charge is -2.22. The van der Waals surface area contributed by atoms with Gasteiger partial charge in [0.15, 0.2) is 5.96 Å². The second-order valence-corrected chi connectivity index (χ2v) is 10.0. The first-order valence-corrected chi connectivity index (χ1v) is 11.7.